The fourth-order valence-electron chi connectivity index (χ4n) is 3.72. The summed E-state index contributed by atoms with van der Waals surface area (Å²) in [6.07, 6.45) is 4.25. The van der Waals surface area contributed by atoms with Gasteiger partial charge in [-0.2, -0.15) is 0 Å². The van der Waals surface area contributed by atoms with E-state index in [1.807, 2.05) is 25.1 Å². The van der Waals surface area contributed by atoms with Crippen LogP contribution in [0.3, 0.4) is 0 Å². The molecule has 1 aliphatic rings. The first-order valence-corrected chi connectivity index (χ1v) is 9.55. The summed E-state index contributed by atoms with van der Waals surface area (Å²) >= 11 is 0. The largest absolute Gasteiger partial charge is 0.377 e. The van der Waals surface area contributed by atoms with E-state index < -0.39 is 0 Å². The predicted molar refractivity (Wildman–Crippen MR) is 106 cm³/mol. The van der Waals surface area contributed by atoms with E-state index in [9.17, 15) is 4.79 Å². The van der Waals surface area contributed by atoms with E-state index in [1.54, 1.807) is 16.7 Å². The molecule has 3 aromatic rings. The number of nitrogens with zero attached hydrogens (tertiary/aromatic N) is 3. The third kappa shape index (κ3) is 4.26. The highest BCUT2D eigenvalue weighted by Crippen LogP contribution is 2.17. The van der Waals surface area contributed by atoms with Crippen molar-refractivity contribution in [3.8, 4) is 0 Å². The van der Waals surface area contributed by atoms with Crippen molar-refractivity contribution in [2.45, 2.75) is 39.0 Å². The molecule has 5 nitrogen and oxygen atoms in total. The molecule has 1 aromatic carbocycles. The fourth-order valence-corrected chi connectivity index (χ4v) is 3.72. The second-order valence-corrected chi connectivity index (χ2v) is 7.26. The summed E-state index contributed by atoms with van der Waals surface area (Å²) in [5.74, 6) is 0. The summed E-state index contributed by atoms with van der Waals surface area (Å²) < 4.78 is 7.46. The van der Waals surface area contributed by atoms with Crippen LogP contribution in [0.1, 0.15) is 29.7 Å². The zero-order valence-corrected chi connectivity index (χ0v) is 15.7. The maximum Gasteiger partial charge on any atom is 0.258 e. The molecule has 0 N–H and O–H groups in total. The van der Waals surface area contributed by atoms with Crippen LogP contribution in [0.2, 0.25) is 0 Å². The van der Waals surface area contributed by atoms with Crippen molar-refractivity contribution in [2.75, 3.05) is 13.2 Å². The summed E-state index contributed by atoms with van der Waals surface area (Å²) in [6, 6.07) is 15.9. The van der Waals surface area contributed by atoms with E-state index in [0.29, 0.717) is 6.54 Å². The van der Waals surface area contributed by atoms with E-state index in [1.165, 1.54) is 5.56 Å². The fraction of sp³-hybridized carbons (Fsp3) is 0.364. The van der Waals surface area contributed by atoms with Crippen molar-refractivity contribution in [1.82, 2.24) is 14.3 Å². The molecule has 27 heavy (non-hydrogen) atoms. The topological polar surface area (TPSA) is 46.8 Å². The zero-order valence-electron chi connectivity index (χ0n) is 15.7. The Labute approximate surface area is 159 Å². The van der Waals surface area contributed by atoms with Crippen molar-refractivity contribution >= 4 is 5.65 Å². The molecule has 0 radical (unpaired) electrons. The van der Waals surface area contributed by atoms with Gasteiger partial charge in [0.2, 0.25) is 0 Å². The molecular weight excluding hydrogens is 338 g/mol. The summed E-state index contributed by atoms with van der Waals surface area (Å²) in [6.45, 7) is 5.13. The van der Waals surface area contributed by atoms with Gasteiger partial charge < -0.3 is 4.74 Å². The molecule has 0 amide bonds. The van der Waals surface area contributed by atoms with Crippen molar-refractivity contribution < 1.29 is 4.74 Å². The van der Waals surface area contributed by atoms with Gasteiger partial charge in [0, 0.05) is 38.5 Å². The normalized spacial score (nSPS) is 17.0. The molecule has 0 bridgehead atoms. The molecule has 1 aliphatic heterocycles. The van der Waals surface area contributed by atoms with Gasteiger partial charge in [0.05, 0.1) is 11.8 Å². The molecule has 1 unspecified atom stereocenters. The standard InChI is InChI=1S/C22H25N3O2/c1-17-7-5-11-25-21(26)13-19(23-22(17)25)15-24(16-20-10-6-12-27-20)14-18-8-3-2-4-9-18/h2-5,7-9,11,13,20H,6,10,12,14-16H2,1H3. The Hall–Kier alpha value is -2.50. The highest BCUT2D eigenvalue weighted by Gasteiger charge is 2.20. The number of pyridine rings is 1. The minimum Gasteiger partial charge on any atom is -0.377 e. The lowest BCUT2D eigenvalue weighted by atomic mass is 10.1. The van der Waals surface area contributed by atoms with Gasteiger partial charge in [-0.25, -0.2) is 4.98 Å². The Morgan fingerprint density at radius 2 is 2.04 bits per heavy atom. The SMILES string of the molecule is Cc1cccn2c(=O)cc(CN(Cc3ccccc3)CC3CCCO3)nc12. The number of ether oxygens (including phenoxy) is 1. The Balaban J connectivity index is 1.61. The summed E-state index contributed by atoms with van der Waals surface area (Å²) in [7, 11) is 0. The van der Waals surface area contributed by atoms with Crippen molar-refractivity contribution in [1.29, 1.82) is 0 Å². The van der Waals surface area contributed by atoms with Crippen molar-refractivity contribution in [3.63, 3.8) is 0 Å². The van der Waals surface area contributed by atoms with Gasteiger partial charge in [-0.1, -0.05) is 36.4 Å². The molecule has 1 saturated heterocycles. The highest BCUT2D eigenvalue weighted by molar-refractivity contribution is 5.46. The van der Waals surface area contributed by atoms with Crippen LogP contribution in [-0.4, -0.2) is 33.5 Å². The first-order chi connectivity index (χ1) is 13.2. The Morgan fingerprint density at radius 1 is 1.19 bits per heavy atom. The average Bonchev–Trinajstić information content (AvgIpc) is 3.16. The quantitative estimate of drug-likeness (QED) is 0.675. The molecule has 3 heterocycles. The van der Waals surface area contributed by atoms with Gasteiger partial charge in [0.1, 0.15) is 5.65 Å². The maximum absolute atomic E-state index is 12.5. The average molecular weight is 363 g/mol. The van der Waals surface area contributed by atoms with E-state index in [-0.39, 0.29) is 11.7 Å². The molecule has 1 fully saturated rings. The number of hydrogen-bond donors (Lipinski definition) is 0. The predicted octanol–water partition coefficient (Wildman–Crippen LogP) is 3.18. The number of aromatic nitrogens is 2. The van der Waals surface area contributed by atoms with Crippen LogP contribution in [0, 0.1) is 6.92 Å². The van der Waals surface area contributed by atoms with Gasteiger partial charge in [-0.05, 0) is 37.0 Å². The smallest absolute Gasteiger partial charge is 0.258 e. The van der Waals surface area contributed by atoms with Gasteiger partial charge >= 0.3 is 0 Å². The van der Waals surface area contributed by atoms with Crippen LogP contribution in [-0.2, 0) is 17.8 Å². The summed E-state index contributed by atoms with van der Waals surface area (Å²) in [5, 5.41) is 0. The Kier molecular flexibility index (Phi) is 5.32. The van der Waals surface area contributed by atoms with E-state index in [0.717, 1.165) is 49.4 Å². The number of benzene rings is 1. The van der Waals surface area contributed by atoms with Gasteiger partial charge in [0.25, 0.3) is 5.56 Å². The highest BCUT2D eigenvalue weighted by atomic mass is 16.5. The first-order valence-electron chi connectivity index (χ1n) is 9.55. The third-order valence-corrected chi connectivity index (χ3v) is 5.06. The summed E-state index contributed by atoms with van der Waals surface area (Å²) in [5.41, 5.74) is 3.77. The van der Waals surface area contributed by atoms with Crippen molar-refractivity contribution in [2.24, 2.45) is 0 Å². The van der Waals surface area contributed by atoms with Crippen LogP contribution in [0.15, 0.2) is 59.5 Å². The lowest BCUT2D eigenvalue weighted by Gasteiger charge is -2.25. The van der Waals surface area contributed by atoms with E-state index >= 15 is 0 Å². The number of rotatable bonds is 6. The van der Waals surface area contributed by atoms with Crippen molar-refractivity contribution in [3.05, 3.63) is 81.9 Å². The Bertz CT molecular complexity index is 962. The molecular formula is C22H25N3O2. The number of fused-ring (bicyclic) bond motifs is 1. The summed E-state index contributed by atoms with van der Waals surface area (Å²) in [4.78, 5) is 19.6. The van der Waals surface area contributed by atoms with Crippen LogP contribution < -0.4 is 5.56 Å². The molecule has 0 saturated carbocycles. The molecule has 4 rings (SSSR count). The van der Waals surface area contributed by atoms with E-state index in [4.69, 9.17) is 9.72 Å². The molecule has 0 spiro atoms. The minimum absolute atomic E-state index is 0.0320. The minimum atomic E-state index is -0.0320. The first kappa shape index (κ1) is 17.9. The molecule has 140 valence electrons. The molecule has 0 aliphatic carbocycles. The molecule has 1 atom stereocenters. The number of aryl methyl sites for hydroxylation is 1. The zero-order chi connectivity index (χ0) is 18.6. The van der Waals surface area contributed by atoms with Crippen LogP contribution in [0.4, 0.5) is 0 Å². The van der Waals surface area contributed by atoms with Gasteiger partial charge in [-0.15, -0.1) is 0 Å². The third-order valence-electron chi connectivity index (χ3n) is 5.06. The lowest BCUT2D eigenvalue weighted by molar-refractivity contribution is 0.0675. The molecule has 2 aromatic heterocycles. The van der Waals surface area contributed by atoms with Gasteiger partial charge in [0.15, 0.2) is 0 Å². The number of hydrogen-bond acceptors (Lipinski definition) is 4. The molecule has 5 heteroatoms. The van der Waals surface area contributed by atoms with Crippen LogP contribution >= 0.6 is 0 Å². The van der Waals surface area contributed by atoms with Crippen LogP contribution in [0.5, 0.6) is 0 Å². The van der Waals surface area contributed by atoms with Gasteiger partial charge in [-0.3, -0.25) is 14.1 Å². The second kappa shape index (κ2) is 8.03. The lowest BCUT2D eigenvalue weighted by Crippen LogP contribution is -2.32. The van der Waals surface area contributed by atoms with E-state index in [2.05, 4.69) is 29.2 Å². The second-order valence-electron chi connectivity index (χ2n) is 7.26. The Morgan fingerprint density at radius 3 is 2.81 bits per heavy atom. The van der Waals surface area contributed by atoms with Crippen LogP contribution in [0.25, 0.3) is 5.65 Å². The monoisotopic (exact) mass is 363 g/mol. The maximum atomic E-state index is 12.5.